The Bertz CT molecular complexity index is 399. The molecule has 0 aliphatic carbocycles. The highest BCUT2D eigenvalue weighted by molar-refractivity contribution is 9.10. The first-order valence-electron chi connectivity index (χ1n) is 5.67. The number of rotatable bonds is 2. The molecule has 0 bridgehead atoms. The van der Waals surface area contributed by atoms with Gasteiger partial charge in [-0.3, -0.25) is 10.2 Å². The van der Waals surface area contributed by atoms with E-state index in [9.17, 15) is 4.79 Å². The number of halogens is 2. The van der Waals surface area contributed by atoms with Gasteiger partial charge in [0.2, 0.25) is 0 Å². The standard InChI is InChI=1S/C12H14BrClN2O/c13-10-6-9(7-11(14)8-10)12(17)15-16-4-2-1-3-5-16/h6-8H,1-5H2,(H,15,17). The molecule has 1 N–H and O–H groups in total. The third kappa shape index (κ3) is 3.69. The van der Waals surface area contributed by atoms with Crippen molar-refractivity contribution >= 4 is 33.4 Å². The lowest BCUT2D eigenvalue weighted by atomic mass is 10.1. The molecule has 0 saturated carbocycles. The minimum atomic E-state index is -0.102. The molecule has 1 aromatic carbocycles. The van der Waals surface area contributed by atoms with Crippen LogP contribution >= 0.6 is 27.5 Å². The van der Waals surface area contributed by atoms with Gasteiger partial charge in [0.15, 0.2) is 0 Å². The zero-order valence-corrected chi connectivity index (χ0v) is 11.7. The van der Waals surface area contributed by atoms with Gasteiger partial charge in [0.05, 0.1) is 0 Å². The smallest absolute Gasteiger partial charge is 0.265 e. The first kappa shape index (κ1) is 12.9. The number of carbonyl (C=O) groups is 1. The van der Waals surface area contributed by atoms with Crippen LogP contribution in [0.5, 0.6) is 0 Å². The van der Waals surface area contributed by atoms with E-state index in [1.807, 2.05) is 5.01 Å². The number of hydrogen-bond donors (Lipinski definition) is 1. The Morgan fingerprint density at radius 2 is 1.94 bits per heavy atom. The molecule has 0 unspecified atom stereocenters. The molecular formula is C12H14BrClN2O. The summed E-state index contributed by atoms with van der Waals surface area (Å²) < 4.78 is 0.814. The van der Waals surface area contributed by atoms with Crippen molar-refractivity contribution in [3.8, 4) is 0 Å². The van der Waals surface area contributed by atoms with Gasteiger partial charge in [0.25, 0.3) is 5.91 Å². The lowest BCUT2D eigenvalue weighted by Crippen LogP contribution is -2.45. The molecule has 1 amide bonds. The van der Waals surface area contributed by atoms with Crippen molar-refractivity contribution < 1.29 is 4.79 Å². The molecule has 17 heavy (non-hydrogen) atoms. The van der Waals surface area contributed by atoms with Gasteiger partial charge < -0.3 is 0 Å². The van der Waals surface area contributed by atoms with E-state index < -0.39 is 0 Å². The molecule has 0 aromatic heterocycles. The molecule has 3 nitrogen and oxygen atoms in total. The quantitative estimate of drug-likeness (QED) is 0.908. The molecule has 1 heterocycles. The molecule has 0 spiro atoms. The SMILES string of the molecule is O=C(NN1CCCCC1)c1cc(Cl)cc(Br)c1. The Labute approximate surface area is 114 Å². The number of piperidine rings is 1. The number of nitrogens with zero attached hydrogens (tertiary/aromatic N) is 1. The number of nitrogens with one attached hydrogen (secondary N) is 1. The van der Waals surface area contributed by atoms with Gasteiger partial charge in [-0.05, 0) is 31.0 Å². The summed E-state index contributed by atoms with van der Waals surface area (Å²) in [6.45, 7) is 1.85. The summed E-state index contributed by atoms with van der Waals surface area (Å²) in [5, 5.41) is 2.53. The Morgan fingerprint density at radius 1 is 1.24 bits per heavy atom. The zero-order valence-electron chi connectivity index (χ0n) is 9.38. The summed E-state index contributed by atoms with van der Waals surface area (Å²) in [7, 11) is 0. The lowest BCUT2D eigenvalue weighted by molar-refractivity contribution is 0.0750. The fraction of sp³-hybridized carbons (Fsp3) is 0.417. The van der Waals surface area contributed by atoms with Gasteiger partial charge in [-0.15, -0.1) is 0 Å². The van der Waals surface area contributed by atoms with Gasteiger partial charge in [-0.2, -0.15) is 0 Å². The molecule has 1 saturated heterocycles. The van der Waals surface area contributed by atoms with Crippen molar-refractivity contribution in [2.45, 2.75) is 19.3 Å². The highest BCUT2D eigenvalue weighted by Gasteiger charge is 2.14. The van der Waals surface area contributed by atoms with Crippen LogP contribution in [-0.2, 0) is 0 Å². The summed E-state index contributed by atoms with van der Waals surface area (Å²) in [6.07, 6.45) is 3.52. The molecular weight excluding hydrogens is 304 g/mol. The van der Waals surface area contributed by atoms with E-state index in [2.05, 4.69) is 21.4 Å². The van der Waals surface area contributed by atoms with E-state index in [1.54, 1.807) is 18.2 Å². The summed E-state index contributed by atoms with van der Waals surface area (Å²) >= 11 is 9.24. The maximum atomic E-state index is 12.0. The zero-order chi connectivity index (χ0) is 12.3. The van der Waals surface area contributed by atoms with Crippen molar-refractivity contribution in [2.24, 2.45) is 0 Å². The molecule has 0 atom stereocenters. The van der Waals surface area contributed by atoms with Crippen LogP contribution in [0.15, 0.2) is 22.7 Å². The molecule has 92 valence electrons. The Kier molecular flexibility index (Phi) is 4.42. The third-order valence-electron chi connectivity index (χ3n) is 2.74. The fourth-order valence-corrected chi connectivity index (χ4v) is 2.76. The maximum absolute atomic E-state index is 12.0. The molecule has 1 aliphatic heterocycles. The van der Waals surface area contributed by atoms with E-state index in [0.717, 1.165) is 30.4 Å². The average Bonchev–Trinajstić information content (AvgIpc) is 2.29. The molecule has 0 radical (unpaired) electrons. The number of amides is 1. The number of benzene rings is 1. The number of hydrazine groups is 1. The summed E-state index contributed by atoms with van der Waals surface area (Å²) in [5.74, 6) is -0.102. The predicted octanol–water partition coefficient (Wildman–Crippen LogP) is 3.23. The van der Waals surface area contributed by atoms with Crippen molar-refractivity contribution in [1.82, 2.24) is 10.4 Å². The minimum Gasteiger partial charge on any atom is -0.285 e. The predicted molar refractivity (Wildman–Crippen MR) is 72.0 cm³/mol. The van der Waals surface area contributed by atoms with E-state index in [0.29, 0.717) is 10.6 Å². The average molecular weight is 318 g/mol. The van der Waals surface area contributed by atoms with Crippen molar-refractivity contribution in [3.63, 3.8) is 0 Å². The largest absolute Gasteiger partial charge is 0.285 e. The highest BCUT2D eigenvalue weighted by Crippen LogP contribution is 2.19. The van der Waals surface area contributed by atoms with Gasteiger partial charge in [-0.25, -0.2) is 5.01 Å². The molecule has 1 fully saturated rings. The van der Waals surface area contributed by atoms with E-state index in [4.69, 9.17) is 11.6 Å². The van der Waals surface area contributed by atoms with Crippen LogP contribution in [-0.4, -0.2) is 24.0 Å². The van der Waals surface area contributed by atoms with Gasteiger partial charge >= 0.3 is 0 Å². The third-order valence-corrected chi connectivity index (χ3v) is 3.42. The molecule has 5 heteroatoms. The molecule has 1 aromatic rings. The normalized spacial score (nSPS) is 16.8. The van der Waals surface area contributed by atoms with E-state index in [1.165, 1.54) is 6.42 Å². The van der Waals surface area contributed by atoms with Gasteiger partial charge in [0.1, 0.15) is 0 Å². The van der Waals surface area contributed by atoms with Crippen LogP contribution in [0.3, 0.4) is 0 Å². The van der Waals surface area contributed by atoms with Crippen molar-refractivity contribution in [1.29, 1.82) is 0 Å². The van der Waals surface area contributed by atoms with Gasteiger partial charge in [0, 0.05) is 28.1 Å². The number of carbonyl (C=O) groups excluding carboxylic acids is 1. The second-order valence-corrected chi connectivity index (χ2v) is 5.50. The fourth-order valence-electron chi connectivity index (χ4n) is 1.90. The van der Waals surface area contributed by atoms with Gasteiger partial charge in [-0.1, -0.05) is 34.0 Å². The summed E-state index contributed by atoms with van der Waals surface area (Å²) in [4.78, 5) is 12.0. The van der Waals surface area contributed by atoms with Crippen LogP contribution < -0.4 is 5.43 Å². The van der Waals surface area contributed by atoms with Crippen molar-refractivity contribution in [3.05, 3.63) is 33.3 Å². The maximum Gasteiger partial charge on any atom is 0.265 e. The minimum absolute atomic E-state index is 0.102. The van der Waals surface area contributed by atoms with E-state index in [-0.39, 0.29) is 5.91 Å². The first-order chi connectivity index (χ1) is 8.15. The summed E-state index contributed by atoms with van der Waals surface area (Å²) in [6, 6.07) is 5.20. The van der Waals surface area contributed by atoms with E-state index >= 15 is 0 Å². The van der Waals surface area contributed by atoms with Crippen LogP contribution in [0.2, 0.25) is 5.02 Å². The Balaban J connectivity index is 2.03. The van der Waals surface area contributed by atoms with Crippen LogP contribution in [0.25, 0.3) is 0 Å². The first-order valence-corrected chi connectivity index (χ1v) is 6.84. The summed E-state index contributed by atoms with van der Waals surface area (Å²) in [5.41, 5.74) is 3.48. The Morgan fingerprint density at radius 3 is 2.59 bits per heavy atom. The monoisotopic (exact) mass is 316 g/mol. The van der Waals surface area contributed by atoms with Crippen molar-refractivity contribution in [2.75, 3.05) is 13.1 Å². The number of hydrogen-bond acceptors (Lipinski definition) is 2. The van der Waals surface area contributed by atoms with Crippen LogP contribution in [0.4, 0.5) is 0 Å². The molecule has 1 aliphatic rings. The molecule has 2 rings (SSSR count). The Hall–Kier alpha value is -0.580. The van der Waals surface area contributed by atoms with Crippen LogP contribution in [0, 0.1) is 0 Å². The van der Waals surface area contributed by atoms with Crippen LogP contribution in [0.1, 0.15) is 29.6 Å². The topological polar surface area (TPSA) is 32.3 Å². The second-order valence-electron chi connectivity index (χ2n) is 4.15. The highest BCUT2D eigenvalue weighted by atomic mass is 79.9. The second kappa shape index (κ2) is 5.85. The lowest BCUT2D eigenvalue weighted by Gasteiger charge is -2.26.